The molecule has 2 fully saturated rings. The zero-order chi connectivity index (χ0) is 13.7. The van der Waals surface area contributed by atoms with Crippen molar-refractivity contribution >= 4 is 11.8 Å². The van der Waals surface area contributed by atoms with E-state index >= 15 is 0 Å². The smallest absolute Gasteiger partial charge is 0.0939 e. The van der Waals surface area contributed by atoms with Crippen molar-refractivity contribution in [1.82, 2.24) is 5.32 Å². The highest BCUT2D eigenvalue weighted by Crippen LogP contribution is 2.37. The fourth-order valence-corrected chi connectivity index (χ4v) is 4.46. The van der Waals surface area contributed by atoms with Gasteiger partial charge in [-0.3, -0.25) is 0 Å². The van der Waals surface area contributed by atoms with Crippen LogP contribution in [0.1, 0.15) is 33.1 Å². The molecule has 0 aromatic rings. The van der Waals surface area contributed by atoms with Crippen molar-refractivity contribution in [2.75, 3.05) is 38.4 Å². The van der Waals surface area contributed by atoms with Crippen molar-refractivity contribution in [3.05, 3.63) is 0 Å². The van der Waals surface area contributed by atoms with E-state index in [1.807, 2.05) is 0 Å². The molecule has 19 heavy (non-hydrogen) atoms. The molecule has 3 unspecified atom stereocenters. The summed E-state index contributed by atoms with van der Waals surface area (Å²) in [4.78, 5) is 0. The lowest BCUT2D eigenvalue weighted by molar-refractivity contribution is -0.101. The average molecular weight is 287 g/mol. The summed E-state index contributed by atoms with van der Waals surface area (Å²) in [5, 5.41) is 3.53. The molecule has 1 N–H and O–H groups in total. The topological polar surface area (TPSA) is 30.5 Å². The molecule has 0 bridgehead atoms. The van der Waals surface area contributed by atoms with Crippen molar-refractivity contribution in [1.29, 1.82) is 0 Å². The molecule has 2 rings (SSSR count). The molecule has 2 aliphatic heterocycles. The Kier molecular flexibility index (Phi) is 6.00. The Bertz CT molecular complexity index is 267. The molecule has 0 aromatic carbocycles. The molecule has 2 heterocycles. The molecule has 1 spiro atoms. The van der Waals surface area contributed by atoms with E-state index in [0.717, 1.165) is 38.1 Å². The standard InChI is InChI=1S/C15H29NO2S/c1-12(2)9-19-10-14(16-3)13-4-6-18-15(8-13)5-7-17-11-15/h12-14,16H,4-11H2,1-3H3. The van der Waals surface area contributed by atoms with Crippen LogP contribution < -0.4 is 5.32 Å². The van der Waals surface area contributed by atoms with E-state index in [4.69, 9.17) is 9.47 Å². The van der Waals surface area contributed by atoms with Gasteiger partial charge < -0.3 is 14.8 Å². The number of hydrogen-bond acceptors (Lipinski definition) is 4. The third-order valence-electron chi connectivity index (χ3n) is 4.29. The molecule has 0 amide bonds. The van der Waals surface area contributed by atoms with Crippen LogP contribution >= 0.6 is 11.8 Å². The molecular formula is C15H29NO2S. The second-order valence-corrected chi connectivity index (χ2v) is 7.49. The van der Waals surface area contributed by atoms with Crippen LogP contribution in [0.25, 0.3) is 0 Å². The van der Waals surface area contributed by atoms with Gasteiger partial charge in [-0.2, -0.15) is 11.8 Å². The first-order chi connectivity index (χ1) is 9.15. The highest BCUT2D eigenvalue weighted by molar-refractivity contribution is 7.99. The zero-order valence-electron chi connectivity index (χ0n) is 12.6. The number of rotatable bonds is 6. The second kappa shape index (κ2) is 7.30. The summed E-state index contributed by atoms with van der Waals surface area (Å²) >= 11 is 2.08. The minimum atomic E-state index is 0.0424. The first kappa shape index (κ1) is 15.6. The van der Waals surface area contributed by atoms with Gasteiger partial charge in [-0.15, -0.1) is 0 Å². The molecular weight excluding hydrogens is 258 g/mol. The lowest BCUT2D eigenvalue weighted by atomic mass is 9.81. The first-order valence-corrected chi connectivity index (χ1v) is 8.77. The van der Waals surface area contributed by atoms with Gasteiger partial charge in [-0.05, 0) is 37.5 Å². The Morgan fingerprint density at radius 2 is 2.16 bits per heavy atom. The maximum Gasteiger partial charge on any atom is 0.0939 e. The highest BCUT2D eigenvalue weighted by Gasteiger charge is 2.42. The van der Waals surface area contributed by atoms with Gasteiger partial charge in [0.1, 0.15) is 0 Å². The molecule has 0 aromatic heterocycles. The van der Waals surface area contributed by atoms with E-state index in [1.165, 1.54) is 24.3 Å². The Labute approximate surface area is 122 Å². The minimum absolute atomic E-state index is 0.0424. The molecule has 112 valence electrons. The molecule has 4 heteroatoms. The van der Waals surface area contributed by atoms with Crippen molar-refractivity contribution in [2.45, 2.75) is 44.8 Å². The van der Waals surface area contributed by atoms with E-state index in [9.17, 15) is 0 Å². The van der Waals surface area contributed by atoms with Crippen LogP contribution in [-0.4, -0.2) is 50.0 Å². The van der Waals surface area contributed by atoms with Crippen molar-refractivity contribution < 1.29 is 9.47 Å². The van der Waals surface area contributed by atoms with Crippen LogP contribution in [0.5, 0.6) is 0 Å². The van der Waals surface area contributed by atoms with Crippen LogP contribution in [0.2, 0.25) is 0 Å². The number of ether oxygens (including phenoxy) is 2. The lowest BCUT2D eigenvalue weighted by Crippen LogP contribution is -2.47. The summed E-state index contributed by atoms with van der Waals surface area (Å²) in [6.07, 6.45) is 3.44. The van der Waals surface area contributed by atoms with Crippen LogP contribution in [0.15, 0.2) is 0 Å². The summed E-state index contributed by atoms with van der Waals surface area (Å²) in [5.41, 5.74) is 0.0424. The predicted octanol–water partition coefficient (Wildman–Crippen LogP) is 2.55. The summed E-state index contributed by atoms with van der Waals surface area (Å²) in [7, 11) is 2.11. The minimum Gasteiger partial charge on any atom is -0.378 e. The second-order valence-electron chi connectivity index (χ2n) is 6.41. The van der Waals surface area contributed by atoms with E-state index in [0.29, 0.717) is 6.04 Å². The molecule has 0 aliphatic carbocycles. The van der Waals surface area contributed by atoms with Gasteiger partial charge in [0.05, 0.1) is 12.2 Å². The van der Waals surface area contributed by atoms with E-state index in [2.05, 4.69) is 38.0 Å². The summed E-state index contributed by atoms with van der Waals surface area (Å²) in [6.45, 7) is 7.17. The van der Waals surface area contributed by atoms with Gasteiger partial charge in [-0.25, -0.2) is 0 Å². The van der Waals surface area contributed by atoms with Crippen molar-refractivity contribution in [3.8, 4) is 0 Å². The predicted molar refractivity (Wildman–Crippen MR) is 81.9 cm³/mol. The van der Waals surface area contributed by atoms with Gasteiger partial charge >= 0.3 is 0 Å². The fraction of sp³-hybridized carbons (Fsp3) is 1.00. The van der Waals surface area contributed by atoms with Crippen molar-refractivity contribution in [3.63, 3.8) is 0 Å². The Morgan fingerprint density at radius 3 is 2.79 bits per heavy atom. The lowest BCUT2D eigenvalue weighted by Gasteiger charge is -2.40. The number of nitrogens with one attached hydrogen (secondary N) is 1. The fourth-order valence-electron chi connectivity index (χ4n) is 3.16. The summed E-state index contributed by atoms with van der Waals surface area (Å²) in [5.74, 6) is 4.00. The molecule has 3 atom stereocenters. The van der Waals surface area contributed by atoms with Gasteiger partial charge in [-0.1, -0.05) is 13.8 Å². The quantitative estimate of drug-likeness (QED) is 0.813. The Hall–Kier alpha value is 0.230. The van der Waals surface area contributed by atoms with Gasteiger partial charge in [0.15, 0.2) is 0 Å². The van der Waals surface area contributed by atoms with Gasteiger partial charge in [0, 0.05) is 31.4 Å². The number of hydrogen-bond donors (Lipinski definition) is 1. The van der Waals surface area contributed by atoms with Crippen molar-refractivity contribution in [2.24, 2.45) is 11.8 Å². The molecule has 2 saturated heterocycles. The normalized spacial score (nSPS) is 33.2. The average Bonchev–Trinajstić information content (AvgIpc) is 2.82. The van der Waals surface area contributed by atoms with Crippen LogP contribution in [0.4, 0.5) is 0 Å². The Balaban J connectivity index is 1.83. The maximum atomic E-state index is 6.03. The summed E-state index contributed by atoms with van der Waals surface area (Å²) < 4.78 is 11.6. The van der Waals surface area contributed by atoms with E-state index < -0.39 is 0 Å². The highest BCUT2D eigenvalue weighted by atomic mass is 32.2. The molecule has 0 saturated carbocycles. The third kappa shape index (κ3) is 4.35. The number of thioether (sulfide) groups is 1. The van der Waals surface area contributed by atoms with E-state index in [-0.39, 0.29) is 5.60 Å². The van der Waals surface area contributed by atoms with Crippen LogP contribution in [0.3, 0.4) is 0 Å². The van der Waals surface area contributed by atoms with Crippen LogP contribution in [0, 0.1) is 11.8 Å². The SMILES string of the molecule is CNC(CSCC(C)C)C1CCOC2(CCOC2)C1. The van der Waals surface area contributed by atoms with Crippen LogP contribution in [-0.2, 0) is 9.47 Å². The zero-order valence-corrected chi connectivity index (χ0v) is 13.4. The summed E-state index contributed by atoms with van der Waals surface area (Å²) in [6, 6.07) is 0.616. The van der Waals surface area contributed by atoms with Gasteiger partial charge in [0.25, 0.3) is 0 Å². The largest absolute Gasteiger partial charge is 0.378 e. The molecule has 0 radical (unpaired) electrons. The maximum absolute atomic E-state index is 6.03. The van der Waals surface area contributed by atoms with E-state index in [1.54, 1.807) is 0 Å². The first-order valence-electron chi connectivity index (χ1n) is 7.62. The molecule has 2 aliphatic rings. The molecule has 3 nitrogen and oxygen atoms in total. The third-order valence-corrected chi connectivity index (χ3v) is 5.78. The monoisotopic (exact) mass is 287 g/mol. The Morgan fingerprint density at radius 1 is 1.32 bits per heavy atom. The van der Waals surface area contributed by atoms with Gasteiger partial charge in [0.2, 0.25) is 0 Å².